The van der Waals surface area contributed by atoms with Gasteiger partial charge in [0, 0.05) is 16.6 Å². The summed E-state index contributed by atoms with van der Waals surface area (Å²) in [5.74, 6) is -2.55. The molecule has 0 fully saturated rings. The summed E-state index contributed by atoms with van der Waals surface area (Å²) in [5.41, 5.74) is 1.44. The van der Waals surface area contributed by atoms with Crippen LogP contribution in [-0.2, 0) is 14.3 Å². The smallest absolute Gasteiger partial charge is 0.340 e. The molecule has 4 rings (SSSR count). The minimum atomic E-state index is -0.781. The number of esters is 1. The molecule has 0 unspecified atom stereocenters. The van der Waals surface area contributed by atoms with Crippen LogP contribution in [0.2, 0.25) is 0 Å². The fourth-order valence-electron chi connectivity index (χ4n) is 3.52. The molecule has 0 spiro atoms. The number of anilines is 3. The maximum Gasteiger partial charge on any atom is 0.340 e. The summed E-state index contributed by atoms with van der Waals surface area (Å²) in [6, 6.07) is 12.5. The van der Waals surface area contributed by atoms with Crippen molar-refractivity contribution in [1.82, 2.24) is 4.98 Å². The van der Waals surface area contributed by atoms with Gasteiger partial charge in [0.1, 0.15) is 10.7 Å². The van der Waals surface area contributed by atoms with E-state index < -0.39 is 17.8 Å². The minimum absolute atomic E-state index is 0.0702. The lowest BCUT2D eigenvalue weighted by Crippen LogP contribution is -2.33. The van der Waals surface area contributed by atoms with E-state index in [0.29, 0.717) is 22.8 Å². The van der Waals surface area contributed by atoms with Gasteiger partial charge in [0.2, 0.25) is 0 Å². The van der Waals surface area contributed by atoms with Gasteiger partial charge in [0.05, 0.1) is 23.6 Å². The number of hydrogen-bond acceptors (Lipinski definition) is 8. The lowest BCUT2D eigenvalue weighted by Gasteiger charge is -2.18. The van der Waals surface area contributed by atoms with Crippen LogP contribution >= 0.6 is 22.9 Å². The molecule has 0 atom stereocenters. The third kappa shape index (κ3) is 5.71. The number of aromatic nitrogens is 1. The van der Waals surface area contributed by atoms with Gasteiger partial charge in [0.15, 0.2) is 5.13 Å². The largest absolute Gasteiger partial charge is 0.462 e. The Morgan fingerprint density at radius 1 is 1.11 bits per heavy atom. The van der Waals surface area contributed by atoms with Crippen molar-refractivity contribution in [3.8, 4) is 0 Å². The molecule has 3 aromatic rings. The zero-order valence-corrected chi connectivity index (χ0v) is 21.6. The fourth-order valence-corrected chi connectivity index (χ4v) is 4.42. The molecule has 1 aromatic heterocycles. The number of carbonyl (C=O) groups is 4. The number of hydrogen-bond donors (Lipinski definition) is 2. The molecule has 2 heterocycles. The lowest BCUT2D eigenvalue weighted by molar-refractivity contribution is -0.120. The third-order valence-corrected chi connectivity index (χ3v) is 6.58. The second-order valence-corrected chi connectivity index (χ2v) is 9.33. The number of ether oxygens (including phenoxy) is 1. The Kier molecular flexibility index (Phi) is 8.00. The number of carbonyl (C=O) groups excluding carboxylic acids is 4. The molecule has 190 valence electrons. The summed E-state index contributed by atoms with van der Waals surface area (Å²) in [6.45, 7) is 4.02. The monoisotopic (exact) mass is 538 g/mol. The third-order valence-electron chi connectivity index (χ3n) is 5.36. The van der Waals surface area contributed by atoms with E-state index in [0.717, 1.165) is 17.0 Å². The van der Waals surface area contributed by atoms with Crippen molar-refractivity contribution in [2.45, 2.75) is 26.7 Å². The van der Waals surface area contributed by atoms with Crippen LogP contribution in [0.3, 0.4) is 0 Å². The molecule has 2 N–H and O–H groups in total. The molecule has 0 radical (unpaired) electrons. The number of nitrogens with zero attached hydrogens (tertiary/aromatic N) is 2. The summed E-state index contributed by atoms with van der Waals surface area (Å²) < 4.78 is 5.28. The van der Waals surface area contributed by atoms with Gasteiger partial charge in [-0.25, -0.2) is 14.7 Å². The number of amides is 3. The Morgan fingerprint density at radius 2 is 1.89 bits per heavy atom. The predicted molar refractivity (Wildman–Crippen MR) is 142 cm³/mol. The van der Waals surface area contributed by atoms with Crippen LogP contribution in [0.5, 0.6) is 0 Å². The van der Waals surface area contributed by atoms with Gasteiger partial charge in [-0.05, 0) is 43.7 Å². The number of para-hydroxylation sites is 1. The number of rotatable bonds is 9. The van der Waals surface area contributed by atoms with E-state index in [4.69, 9.17) is 16.3 Å². The highest BCUT2D eigenvalue weighted by Gasteiger charge is 2.40. The van der Waals surface area contributed by atoms with Gasteiger partial charge in [0.25, 0.3) is 17.7 Å². The summed E-state index contributed by atoms with van der Waals surface area (Å²) in [6.07, 6.45) is 1.54. The van der Waals surface area contributed by atoms with E-state index in [1.165, 1.54) is 29.5 Å². The average molecular weight is 539 g/mol. The number of thiazole rings is 1. The van der Waals surface area contributed by atoms with E-state index in [1.807, 2.05) is 19.2 Å². The molecule has 0 bridgehead atoms. The maximum atomic E-state index is 13.3. The first-order valence-corrected chi connectivity index (χ1v) is 12.7. The van der Waals surface area contributed by atoms with Gasteiger partial charge in [-0.3, -0.25) is 19.7 Å². The van der Waals surface area contributed by atoms with Gasteiger partial charge in [-0.1, -0.05) is 43.1 Å². The molecule has 9 nitrogen and oxygen atoms in total. The van der Waals surface area contributed by atoms with Crippen LogP contribution in [0.1, 0.15) is 46.2 Å². The van der Waals surface area contributed by atoms with Gasteiger partial charge >= 0.3 is 5.97 Å². The topological polar surface area (TPSA) is 118 Å². The standard InChI is InChI=1S/C26H23ClN4O5S/c1-3-4-12-36-25(35)18-10-5-6-11-19(18)31-23(33)20(27)21(24(31)34)29-17-9-7-8-16(13-17)22(32)30-26-28-15(2)14-37-26/h5-11,13-14,29H,3-4,12H2,1-2H3,(H,28,30,32). The van der Waals surface area contributed by atoms with Crippen LogP contribution in [0.4, 0.5) is 16.5 Å². The van der Waals surface area contributed by atoms with Crippen molar-refractivity contribution >= 4 is 63.1 Å². The number of benzene rings is 2. The molecule has 2 aromatic carbocycles. The van der Waals surface area contributed by atoms with E-state index >= 15 is 0 Å². The number of imide groups is 1. The molecular weight excluding hydrogens is 516 g/mol. The van der Waals surface area contributed by atoms with Crippen molar-refractivity contribution in [2.75, 3.05) is 22.1 Å². The molecule has 1 aliphatic rings. The van der Waals surface area contributed by atoms with Crippen molar-refractivity contribution in [3.63, 3.8) is 0 Å². The number of aryl methyl sites for hydroxylation is 1. The number of nitrogens with one attached hydrogen (secondary N) is 2. The molecule has 0 saturated carbocycles. The normalized spacial score (nSPS) is 13.2. The maximum absolute atomic E-state index is 13.3. The molecule has 0 saturated heterocycles. The number of halogens is 1. The summed E-state index contributed by atoms with van der Waals surface area (Å²) in [4.78, 5) is 56.6. The summed E-state index contributed by atoms with van der Waals surface area (Å²) >= 11 is 7.57. The minimum Gasteiger partial charge on any atom is -0.462 e. The van der Waals surface area contributed by atoms with E-state index in [-0.39, 0.29) is 34.5 Å². The quantitative estimate of drug-likeness (QED) is 0.221. The Balaban J connectivity index is 1.54. The average Bonchev–Trinajstić information content (AvgIpc) is 3.39. The summed E-state index contributed by atoms with van der Waals surface area (Å²) in [7, 11) is 0. The first-order valence-electron chi connectivity index (χ1n) is 11.5. The Bertz CT molecular complexity index is 1420. The summed E-state index contributed by atoms with van der Waals surface area (Å²) in [5, 5.41) is 7.51. The van der Waals surface area contributed by atoms with Gasteiger partial charge in [-0.2, -0.15) is 0 Å². The van der Waals surface area contributed by atoms with Crippen molar-refractivity contribution in [1.29, 1.82) is 0 Å². The second-order valence-electron chi connectivity index (χ2n) is 8.10. The SMILES string of the molecule is CCCCOC(=O)c1ccccc1N1C(=O)C(Cl)=C(Nc2cccc(C(=O)Nc3nc(C)cs3)c2)C1=O. The van der Waals surface area contributed by atoms with Crippen LogP contribution in [0, 0.1) is 6.92 Å². The zero-order chi connectivity index (χ0) is 26.5. The predicted octanol–water partition coefficient (Wildman–Crippen LogP) is 5.10. The molecule has 1 aliphatic heterocycles. The molecular formula is C26H23ClN4O5S. The molecule has 0 aliphatic carbocycles. The van der Waals surface area contributed by atoms with E-state index in [1.54, 1.807) is 30.3 Å². The highest BCUT2D eigenvalue weighted by atomic mass is 35.5. The van der Waals surface area contributed by atoms with Crippen LogP contribution < -0.4 is 15.5 Å². The Morgan fingerprint density at radius 3 is 2.62 bits per heavy atom. The Hall–Kier alpha value is -4.02. The van der Waals surface area contributed by atoms with Crippen LogP contribution in [0.15, 0.2) is 64.6 Å². The van der Waals surface area contributed by atoms with Gasteiger partial charge in [-0.15, -0.1) is 11.3 Å². The van der Waals surface area contributed by atoms with Crippen molar-refractivity contribution < 1.29 is 23.9 Å². The van der Waals surface area contributed by atoms with E-state index in [2.05, 4.69) is 15.6 Å². The van der Waals surface area contributed by atoms with Crippen molar-refractivity contribution in [2.24, 2.45) is 0 Å². The molecule has 11 heteroatoms. The first kappa shape index (κ1) is 26.1. The number of unbranched alkanes of at least 4 members (excludes halogenated alkanes) is 1. The van der Waals surface area contributed by atoms with E-state index in [9.17, 15) is 19.2 Å². The van der Waals surface area contributed by atoms with Crippen molar-refractivity contribution in [3.05, 3.63) is 81.5 Å². The highest BCUT2D eigenvalue weighted by Crippen LogP contribution is 2.32. The second kappa shape index (κ2) is 11.4. The van der Waals surface area contributed by atoms with Gasteiger partial charge < -0.3 is 10.1 Å². The van der Waals surface area contributed by atoms with Crippen LogP contribution in [-0.4, -0.2) is 35.3 Å². The fraction of sp³-hybridized carbons (Fsp3) is 0.192. The highest BCUT2D eigenvalue weighted by molar-refractivity contribution is 7.13. The molecule has 3 amide bonds. The Labute approximate surface area is 222 Å². The molecule has 37 heavy (non-hydrogen) atoms. The first-order chi connectivity index (χ1) is 17.8. The zero-order valence-electron chi connectivity index (χ0n) is 20.0. The van der Waals surface area contributed by atoms with Crippen LogP contribution in [0.25, 0.3) is 0 Å². The lowest BCUT2D eigenvalue weighted by atomic mass is 10.1.